The van der Waals surface area contributed by atoms with Crippen LogP contribution in [0.2, 0.25) is 0 Å². The Hall–Kier alpha value is 1.60. The zero-order valence-corrected chi connectivity index (χ0v) is 8.38. The highest BCUT2D eigenvalue weighted by Gasteiger charge is 2.38. The standard InChI is InChI=1S/C2HCl5OS/c3-1(4)2(5,6)9(7)8/h1H. The van der Waals surface area contributed by atoms with Crippen molar-refractivity contribution >= 4 is 67.1 Å². The van der Waals surface area contributed by atoms with E-state index in [1.807, 2.05) is 0 Å². The average Bonchev–Trinajstić information content (AvgIpc) is 1.65. The molecule has 0 aromatic heterocycles. The molecule has 0 saturated heterocycles. The van der Waals surface area contributed by atoms with Crippen LogP contribution in [0.4, 0.5) is 0 Å². The van der Waals surface area contributed by atoms with Gasteiger partial charge >= 0.3 is 0 Å². The molecule has 0 N–H and O–H groups in total. The van der Waals surface area contributed by atoms with Gasteiger partial charge in [-0.15, -0.1) is 23.2 Å². The second-order valence-electron chi connectivity index (χ2n) is 1.09. The topological polar surface area (TPSA) is 17.1 Å². The van der Waals surface area contributed by atoms with Gasteiger partial charge in [-0.2, -0.15) is 0 Å². The number of hydrogen-bond donors (Lipinski definition) is 0. The maximum atomic E-state index is 10.4. The van der Waals surface area contributed by atoms with Crippen molar-refractivity contribution in [2.45, 2.75) is 8.50 Å². The Morgan fingerprint density at radius 1 is 1.33 bits per heavy atom. The molecular weight excluding hydrogens is 249 g/mol. The molecule has 0 aliphatic rings. The first-order chi connectivity index (χ1) is 3.89. The lowest BCUT2D eigenvalue weighted by atomic mass is 10.9. The second-order valence-corrected chi connectivity index (χ2v) is 5.95. The molecule has 0 radical (unpaired) electrons. The third-order valence-corrected chi connectivity index (χ3v) is 4.97. The summed E-state index contributed by atoms with van der Waals surface area (Å²) in [5, 5.41) is 0. The summed E-state index contributed by atoms with van der Waals surface area (Å²) < 4.78 is 8.56. The van der Waals surface area contributed by atoms with E-state index in [0.29, 0.717) is 0 Å². The fraction of sp³-hybridized carbons (Fsp3) is 1.00. The summed E-state index contributed by atoms with van der Waals surface area (Å²) in [5.41, 5.74) is 0. The third-order valence-electron chi connectivity index (χ3n) is 0.468. The highest BCUT2D eigenvalue weighted by atomic mass is 35.7. The first kappa shape index (κ1) is 10.6. The molecule has 0 heterocycles. The van der Waals surface area contributed by atoms with E-state index in [4.69, 9.17) is 57.1 Å². The first-order valence-electron chi connectivity index (χ1n) is 1.63. The lowest BCUT2D eigenvalue weighted by Gasteiger charge is -2.14. The Morgan fingerprint density at radius 3 is 1.67 bits per heavy atom. The molecule has 7 heteroatoms. The lowest BCUT2D eigenvalue weighted by molar-refractivity contribution is 0.687. The van der Waals surface area contributed by atoms with Gasteiger partial charge in [0.05, 0.1) is 0 Å². The van der Waals surface area contributed by atoms with E-state index in [-0.39, 0.29) is 0 Å². The SMILES string of the molecule is O=S(Cl)C(Cl)(Cl)C(Cl)Cl. The van der Waals surface area contributed by atoms with Gasteiger partial charge in [-0.3, -0.25) is 0 Å². The molecule has 1 unspecified atom stereocenters. The van der Waals surface area contributed by atoms with Crippen LogP contribution in [-0.2, 0) is 10.0 Å². The van der Waals surface area contributed by atoms with Crippen LogP contribution in [0.5, 0.6) is 0 Å². The summed E-state index contributed by atoms with van der Waals surface area (Å²) in [6.07, 6.45) is 0. The maximum absolute atomic E-state index is 10.4. The number of alkyl halides is 4. The molecule has 0 saturated carbocycles. The van der Waals surface area contributed by atoms with Gasteiger partial charge in [0, 0.05) is 0 Å². The quantitative estimate of drug-likeness (QED) is 0.544. The highest BCUT2D eigenvalue weighted by Crippen LogP contribution is 2.36. The van der Waals surface area contributed by atoms with Crippen molar-refractivity contribution in [3.8, 4) is 0 Å². The zero-order valence-electron chi connectivity index (χ0n) is 3.78. The van der Waals surface area contributed by atoms with Crippen molar-refractivity contribution in [1.29, 1.82) is 0 Å². The number of halogens is 5. The molecule has 0 aromatic rings. The molecular formula is C2HCl5OS. The molecule has 1 atom stereocenters. The molecule has 0 amide bonds. The Kier molecular flexibility index (Phi) is 4.52. The van der Waals surface area contributed by atoms with Crippen LogP contribution in [0.15, 0.2) is 0 Å². The van der Waals surface area contributed by atoms with Gasteiger partial charge in [-0.05, 0) is 10.7 Å². The molecule has 56 valence electrons. The van der Waals surface area contributed by atoms with E-state index >= 15 is 0 Å². The van der Waals surface area contributed by atoms with E-state index in [1.165, 1.54) is 0 Å². The number of hydrogen-bond acceptors (Lipinski definition) is 1. The van der Waals surface area contributed by atoms with E-state index in [0.717, 1.165) is 0 Å². The monoisotopic (exact) mass is 248 g/mol. The smallest absolute Gasteiger partial charge is 0.236 e. The summed E-state index contributed by atoms with van der Waals surface area (Å²) in [5.74, 6) is 0. The van der Waals surface area contributed by atoms with E-state index < -0.39 is 18.5 Å². The largest absolute Gasteiger partial charge is 0.239 e. The predicted molar refractivity (Wildman–Crippen MR) is 43.9 cm³/mol. The fourth-order valence-electron chi connectivity index (χ4n) is 0.0700. The summed E-state index contributed by atoms with van der Waals surface area (Å²) in [7, 11) is 3.04. The van der Waals surface area contributed by atoms with Crippen LogP contribution >= 0.6 is 57.1 Å². The molecule has 0 aromatic carbocycles. The van der Waals surface area contributed by atoms with E-state index in [1.54, 1.807) is 0 Å². The highest BCUT2D eigenvalue weighted by molar-refractivity contribution is 8.11. The van der Waals surface area contributed by atoms with Crippen molar-refractivity contribution in [3.63, 3.8) is 0 Å². The van der Waals surface area contributed by atoms with Crippen LogP contribution in [0.1, 0.15) is 0 Å². The van der Waals surface area contributed by atoms with Crippen molar-refractivity contribution < 1.29 is 4.21 Å². The minimum atomic E-state index is -1.97. The summed E-state index contributed by atoms with van der Waals surface area (Å²) in [6, 6.07) is 0. The predicted octanol–water partition coefficient (Wildman–Crippen LogP) is 2.82. The lowest BCUT2D eigenvalue weighted by Crippen LogP contribution is -2.24. The minimum absolute atomic E-state index is 1.17. The Bertz CT molecular complexity index is 122. The molecule has 0 spiro atoms. The molecule has 0 bridgehead atoms. The van der Waals surface area contributed by atoms with Crippen LogP contribution < -0.4 is 0 Å². The van der Waals surface area contributed by atoms with Crippen molar-refractivity contribution in [3.05, 3.63) is 0 Å². The van der Waals surface area contributed by atoms with Crippen molar-refractivity contribution in [2.24, 2.45) is 0 Å². The Balaban J connectivity index is 4.19. The second kappa shape index (κ2) is 3.84. The molecule has 9 heavy (non-hydrogen) atoms. The maximum Gasteiger partial charge on any atom is 0.236 e. The fourth-order valence-corrected chi connectivity index (χ4v) is 1.24. The molecule has 0 fully saturated rings. The van der Waals surface area contributed by atoms with E-state index in [2.05, 4.69) is 0 Å². The average molecular weight is 250 g/mol. The zero-order chi connectivity index (χ0) is 7.65. The molecule has 0 aliphatic carbocycles. The van der Waals surface area contributed by atoms with Crippen LogP contribution in [0.3, 0.4) is 0 Å². The third kappa shape index (κ3) is 3.00. The van der Waals surface area contributed by atoms with Crippen LogP contribution in [0.25, 0.3) is 0 Å². The minimum Gasteiger partial charge on any atom is -0.239 e. The summed E-state index contributed by atoms with van der Waals surface area (Å²) in [4.78, 5) is -1.17. The molecule has 0 aliphatic heterocycles. The van der Waals surface area contributed by atoms with Gasteiger partial charge in [0.25, 0.3) is 0 Å². The van der Waals surface area contributed by atoms with Gasteiger partial charge in [0.2, 0.25) is 3.67 Å². The normalized spacial score (nSPS) is 16.2. The van der Waals surface area contributed by atoms with Gasteiger partial charge in [0.1, 0.15) is 0 Å². The van der Waals surface area contributed by atoms with Gasteiger partial charge in [-0.1, -0.05) is 23.2 Å². The Morgan fingerprint density at radius 2 is 1.67 bits per heavy atom. The summed E-state index contributed by atoms with van der Waals surface area (Å²) in [6.45, 7) is 0. The van der Waals surface area contributed by atoms with Crippen LogP contribution in [0, 0.1) is 0 Å². The van der Waals surface area contributed by atoms with Gasteiger partial charge in [0.15, 0.2) is 14.8 Å². The van der Waals surface area contributed by atoms with Gasteiger partial charge in [-0.25, -0.2) is 4.21 Å². The van der Waals surface area contributed by atoms with Crippen LogP contribution in [-0.4, -0.2) is 12.7 Å². The van der Waals surface area contributed by atoms with Gasteiger partial charge < -0.3 is 0 Å². The van der Waals surface area contributed by atoms with Crippen molar-refractivity contribution in [2.75, 3.05) is 0 Å². The molecule has 1 nitrogen and oxygen atoms in total. The Labute approximate surface area is 79.5 Å². The van der Waals surface area contributed by atoms with E-state index in [9.17, 15) is 4.21 Å². The molecule has 0 rings (SSSR count). The van der Waals surface area contributed by atoms with Crippen molar-refractivity contribution in [1.82, 2.24) is 0 Å². The summed E-state index contributed by atoms with van der Waals surface area (Å²) >= 11 is 20.9. The number of rotatable bonds is 2. The first-order valence-corrected chi connectivity index (χ1v) is 5.23.